The molecule has 0 radical (unpaired) electrons. The molecule has 3 nitrogen and oxygen atoms in total. The molecule has 9 atom stereocenters. The Kier molecular flexibility index (Phi) is 3.98. The van der Waals surface area contributed by atoms with Crippen molar-refractivity contribution in [2.24, 2.45) is 40.4 Å². The van der Waals surface area contributed by atoms with E-state index >= 15 is 0 Å². The van der Waals surface area contributed by atoms with Gasteiger partial charge in [-0.25, -0.2) is 0 Å². The number of rotatable bonds is 1. The molecule has 1 heterocycles. The molecule has 0 saturated heterocycles. The van der Waals surface area contributed by atoms with Gasteiger partial charge in [-0.2, -0.15) is 0 Å². The van der Waals surface area contributed by atoms with E-state index in [0.29, 0.717) is 17.8 Å². The summed E-state index contributed by atoms with van der Waals surface area (Å²) in [5.74, 6) is 3.01. The van der Waals surface area contributed by atoms with E-state index in [4.69, 9.17) is 4.42 Å². The monoisotopic (exact) mass is 370 g/mol. The van der Waals surface area contributed by atoms with E-state index in [1.807, 2.05) is 6.07 Å². The van der Waals surface area contributed by atoms with Crippen molar-refractivity contribution in [3.8, 4) is 0 Å². The second-order valence-electron chi connectivity index (χ2n) is 10.6. The van der Waals surface area contributed by atoms with Crippen LogP contribution in [0.5, 0.6) is 0 Å². The first-order valence-electron chi connectivity index (χ1n) is 11.0. The highest BCUT2D eigenvalue weighted by Gasteiger charge is 2.63. The van der Waals surface area contributed by atoms with Gasteiger partial charge in [0.15, 0.2) is 0 Å². The molecule has 3 heteroatoms. The van der Waals surface area contributed by atoms with Crippen molar-refractivity contribution in [1.29, 1.82) is 0 Å². The van der Waals surface area contributed by atoms with Crippen molar-refractivity contribution in [3.05, 3.63) is 30.2 Å². The first kappa shape index (κ1) is 18.0. The van der Waals surface area contributed by atoms with Crippen molar-refractivity contribution in [2.75, 3.05) is 0 Å². The zero-order valence-electron chi connectivity index (χ0n) is 16.9. The van der Waals surface area contributed by atoms with Crippen molar-refractivity contribution < 1.29 is 14.6 Å². The molecular weight excluding hydrogens is 336 g/mol. The van der Waals surface area contributed by atoms with E-state index in [-0.39, 0.29) is 22.7 Å². The van der Waals surface area contributed by atoms with E-state index in [9.17, 15) is 10.2 Å². The smallest absolute Gasteiger partial charge is 0.130 e. The second kappa shape index (κ2) is 5.97. The number of hydrogen-bond acceptors (Lipinski definition) is 3. The molecule has 2 N–H and O–H groups in total. The van der Waals surface area contributed by atoms with Gasteiger partial charge in [-0.3, -0.25) is 0 Å². The summed E-state index contributed by atoms with van der Waals surface area (Å²) in [5, 5.41) is 22.5. The lowest BCUT2D eigenvalue weighted by molar-refractivity contribution is -0.212. The van der Waals surface area contributed by atoms with Gasteiger partial charge in [0.25, 0.3) is 0 Å². The Labute approximate surface area is 162 Å². The van der Waals surface area contributed by atoms with Gasteiger partial charge >= 0.3 is 0 Å². The average Bonchev–Trinajstić information content (AvgIpc) is 3.27. The molecule has 3 fully saturated rings. The summed E-state index contributed by atoms with van der Waals surface area (Å²) in [5.41, 5.74) is 1.54. The van der Waals surface area contributed by atoms with E-state index in [1.165, 1.54) is 18.4 Å². The Morgan fingerprint density at radius 2 is 1.85 bits per heavy atom. The van der Waals surface area contributed by atoms with Crippen LogP contribution in [0.15, 0.2) is 28.9 Å². The van der Waals surface area contributed by atoms with Crippen LogP contribution in [0, 0.1) is 40.4 Å². The molecule has 0 bridgehead atoms. The minimum Gasteiger partial charge on any atom is -0.465 e. The molecule has 0 spiro atoms. The third kappa shape index (κ3) is 2.34. The van der Waals surface area contributed by atoms with Crippen LogP contribution in [-0.2, 0) is 0 Å². The SMILES string of the molecule is C[C@H]1CC[C@@]2(C)[C@H](C1)[C@@H](O)[C@H](O)C1[C@@H]2CC[C@]2(C)C(c3ccco3)=CC[C@@H]12. The largest absolute Gasteiger partial charge is 0.465 e. The van der Waals surface area contributed by atoms with Crippen molar-refractivity contribution in [1.82, 2.24) is 0 Å². The third-order valence-corrected chi connectivity index (χ3v) is 9.38. The van der Waals surface area contributed by atoms with E-state index in [1.54, 1.807) is 6.26 Å². The molecule has 1 aromatic rings. The summed E-state index contributed by atoms with van der Waals surface area (Å²) in [7, 11) is 0. The fraction of sp³-hybridized carbons (Fsp3) is 0.750. The maximum absolute atomic E-state index is 11.3. The minimum atomic E-state index is -0.590. The van der Waals surface area contributed by atoms with Crippen LogP contribution in [0.1, 0.15) is 65.1 Å². The van der Waals surface area contributed by atoms with Crippen LogP contribution >= 0.6 is 0 Å². The number of aliphatic hydroxyl groups is 2. The Balaban J connectivity index is 1.51. The fourth-order valence-electron chi connectivity index (χ4n) is 7.85. The van der Waals surface area contributed by atoms with E-state index < -0.39 is 12.2 Å². The molecule has 4 aliphatic carbocycles. The summed E-state index contributed by atoms with van der Waals surface area (Å²) >= 11 is 0. The molecule has 1 aromatic heterocycles. The highest BCUT2D eigenvalue weighted by Crippen LogP contribution is 2.67. The quantitative estimate of drug-likeness (QED) is 0.740. The zero-order valence-corrected chi connectivity index (χ0v) is 16.9. The Bertz CT molecular complexity index is 737. The van der Waals surface area contributed by atoms with Crippen LogP contribution in [0.2, 0.25) is 0 Å². The standard InChI is InChI=1S/C24H34O3/c1-14-8-10-24(3)17-9-11-23(2)15(19-5-4-12-27-19)6-7-16(23)20(17)22(26)21(25)18(24)13-14/h4-6,12,14,16-18,20-22,25-26H,7-11,13H2,1-3H3/t14-,16-,17-,18+,20?,21+,22+,23+,24+/m0/s1. The summed E-state index contributed by atoms with van der Waals surface area (Å²) in [6.45, 7) is 7.10. The van der Waals surface area contributed by atoms with Gasteiger partial charge < -0.3 is 14.6 Å². The summed E-state index contributed by atoms with van der Waals surface area (Å²) in [4.78, 5) is 0. The Hall–Kier alpha value is -1.06. The summed E-state index contributed by atoms with van der Waals surface area (Å²) < 4.78 is 5.75. The number of aliphatic hydroxyl groups excluding tert-OH is 2. The lowest BCUT2D eigenvalue weighted by atomic mass is 9.43. The van der Waals surface area contributed by atoms with Crippen LogP contribution in [0.4, 0.5) is 0 Å². The van der Waals surface area contributed by atoms with Crippen LogP contribution in [-0.4, -0.2) is 22.4 Å². The van der Waals surface area contributed by atoms with Gasteiger partial charge in [-0.05, 0) is 90.2 Å². The maximum Gasteiger partial charge on any atom is 0.130 e. The first-order chi connectivity index (χ1) is 12.9. The normalized spacial score (nSPS) is 51.9. The lowest BCUT2D eigenvalue weighted by Gasteiger charge is -2.63. The fourth-order valence-corrected chi connectivity index (χ4v) is 7.85. The predicted octanol–water partition coefficient (Wildman–Crippen LogP) is 4.89. The number of hydrogen-bond donors (Lipinski definition) is 2. The van der Waals surface area contributed by atoms with E-state index in [0.717, 1.165) is 31.4 Å². The van der Waals surface area contributed by atoms with Crippen LogP contribution in [0.3, 0.4) is 0 Å². The molecule has 1 unspecified atom stereocenters. The van der Waals surface area contributed by atoms with Gasteiger partial charge in [0, 0.05) is 0 Å². The predicted molar refractivity (Wildman–Crippen MR) is 106 cm³/mol. The molecule has 0 amide bonds. The van der Waals surface area contributed by atoms with Gasteiger partial charge in [0.1, 0.15) is 5.76 Å². The number of allylic oxidation sites excluding steroid dienone is 2. The van der Waals surface area contributed by atoms with Crippen LogP contribution in [0.25, 0.3) is 5.57 Å². The van der Waals surface area contributed by atoms with Gasteiger partial charge in [0.05, 0.1) is 18.5 Å². The zero-order chi connectivity index (χ0) is 19.0. The Morgan fingerprint density at radius 3 is 2.59 bits per heavy atom. The summed E-state index contributed by atoms with van der Waals surface area (Å²) in [6.07, 6.45) is 9.77. The average molecular weight is 371 g/mol. The third-order valence-electron chi connectivity index (χ3n) is 9.38. The first-order valence-corrected chi connectivity index (χ1v) is 11.0. The van der Waals surface area contributed by atoms with Gasteiger partial charge in [-0.1, -0.05) is 33.3 Å². The lowest BCUT2D eigenvalue weighted by Crippen LogP contribution is -2.63. The van der Waals surface area contributed by atoms with Crippen molar-refractivity contribution >= 4 is 5.57 Å². The van der Waals surface area contributed by atoms with E-state index in [2.05, 4.69) is 32.9 Å². The molecule has 5 rings (SSSR count). The number of fused-ring (bicyclic) bond motifs is 5. The van der Waals surface area contributed by atoms with Crippen LogP contribution < -0.4 is 0 Å². The highest BCUT2D eigenvalue weighted by molar-refractivity contribution is 5.69. The number of furan rings is 1. The maximum atomic E-state index is 11.3. The Morgan fingerprint density at radius 1 is 1.04 bits per heavy atom. The summed E-state index contributed by atoms with van der Waals surface area (Å²) in [6, 6.07) is 4.03. The molecule has 0 aliphatic heterocycles. The van der Waals surface area contributed by atoms with Crippen molar-refractivity contribution in [3.63, 3.8) is 0 Å². The molecule has 3 saturated carbocycles. The molecular formula is C24H34O3. The van der Waals surface area contributed by atoms with Gasteiger partial charge in [-0.15, -0.1) is 0 Å². The topological polar surface area (TPSA) is 53.6 Å². The van der Waals surface area contributed by atoms with Crippen molar-refractivity contribution in [2.45, 2.75) is 71.5 Å². The molecule has 27 heavy (non-hydrogen) atoms. The second-order valence-corrected chi connectivity index (χ2v) is 10.6. The molecule has 0 aromatic carbocycles. The molecule has 148 valence electrons. The highest BCUT2D eigenvalue weighted by atomic mass is 16.3. The minimum absolute atomic E-state index is 0.0465. The van der Waals surface area contributed by atoms with Gasteiger partial charge in [0.2, 0.25) is 0 Å². The molecule has 4 aliphatic rings.